The predicted molar refractivity (Wildman–Crippen MR) is 128 cm³/mol. The van der Waals surface area contributed by atoms with E-state index in [0.717, 1.165) is 22.0 Å². The molecule has 7 heteroatoms. The van der Waals surface area contributed by atoms with E-state index in [2.05, 4.69) is 10.3 Å². The first-order valence-corrected chi connectivity index (χ1v) is 11.2. The summed E-state index contributed by atoms with van der Waals surface area (Å²) in [6, 6.07) is 15.5. The van der Waals surface area contributed by atoms with Crippen molar-refractivity contribution in [2.24, 2.45) is 0 Å². The second-order valence-electron chi connectivity index (χ2n) is 8.41. The molecule has 1 aliphatic heterocycles. The van der Waals surface area contributed by atoms with Crippen LogP contribution in [0.1, 0.15) is 21.5 Å². The molecule has 1 aliphatic rings. The van der Waals surface area contributed by atoms with Gasteiger partial charge in [0.1, 0.15) is 17.3 Å². The first kappa shape index (κ1) is 22.0. The molecule has 4 aromatic rings. The number of aliphatic hydroxyl groups excluding tert-OH is 1. The molecule has 0 bridgehead atoms. The molecule has 0 fully saturated rings. The summed E-state index contributed by atoms with van der Waals surface area (Å²) < 4.78 is 25.1. The van der Waals surface area contributed by atoms with Gasteiger partial charge in [-0.15, -0.1) is 0 Å². The van der Waals surface area contributed by atoms with E-state index < -0.39 is 11.9 Å². The lowest BCUT2D eigenvalue weighted by Gasteiger charge is -2.18. The fraction of sp³-hybridized carbons (Fsp3) is 0.222. The normalized spacial score (nSPS) is 13.4. The molecule has 2 heterocycles. The number of ether oxygens (including phenoxy) is 2. The summed E-state index contributed by atoms with van der Waals surface area (Å²) in [6.07, 6.45) is 3.03. The van der Waals surface area contributed by atoms with E-state index in [0.29, 0.717) is 47.6 Å². The number of hydrogen-bond acceptors (Lipinski definition) is 4. The highest BCUT2D eigenvalue weighted by Crippen LogP contribution is 2.36. The minimum atomic E-state index is -0.485. The second kappa shape index (κ2) is 9.19. The quantitative estimate of drug-likeness (QED) is 0.385. The van der Waals surface area contributed by atoms with Crippen LogP contribution in [0.4, 0.5) is 4.39 Å². The molecule has 0 saturated heterocycles. The van der Waals surface area contributed by atoms with Crippen molar-refractivity contribution < 1.29 is 23.8 Å². The first-order chi connectivity index (χ1) is 16.6. The SMILES string of the molecule is COc1cc(F)cc(-c2cc3c(c(C(=O)N[C@@H](CO)Cc4c[nH]c5ccccc45)c2)OCC3)c1. The third-order valence-corrected chi connectivity index (χ3v) is 6.17. The van der Waals surface area contributed by atoms with Gasteiger partial charge in [-0.1, -0.05) is 18.2 Å². The molecule has 3 aromatic carbocycles. The van der Waals surface area contributed by atoms with Crippen molar-refractivity contribution in [1.29, 1.82) is 0 Å². The molecular formula is C27H25FN2O4. The van der Waals surface area contributed by atoms with Crippen LogP contribution in [0, 0.1) is 5.82 Å². The summed E-state index contributed by atoms with van der Waals surface area (Å²) in [6.45, 7) is 0.263. The lowest BCUT2D eigenvalue weighted by molar-refractivity contribution is 0.0913. The number of carbonyl (C=O) groups excluding carboxylic acids is 1. The van der Waals surface area contributed by atoms with Crippen LogP contribution in [0.5, 0.6) is 11.5 Å². The Balaban J connectivity index is 1.44. The maximum atomic E-state index is 14.1. The third kappa shape index (κ3) is 4.22. The van der Waals surface area contributed by atoms with Gasteiger partial charge in [0.2, 0.25) is 0 Å². The maximum absolute atomic E-state index is 14.1. The van der Waals surface area contributed by atoms with Gasteiger partial charge in [0.15, 0.2) is 0 Å². The van der Waals surface area contributed by atoms with Crippen LogP contribution < -0.4 is 14.8 Å². The summed E-state index contributed by atoms with van der Waals surface area (Å²) >= 11 is 0. The van der Waals surface area contributed by atoms with Gasteiger partial charge in [-0.25, -0.2) is 4.39 Å². The summed E-state index contributed by atoms with van der Waals surface area (Å²) in [4.78, 5) is 16.6. The summed E-state index contributed by atoms with van der Waals surface area (Å²) in [5.74, 6) is 0.170. The van der Waals surface area contributed by atoms with E-state index in [9.17, 15) is 14.3 Å². The molecule has 0 spiro atoms. The highest BCUT2D eigenvalue weighted by Gasteiger charge is 2.25. The fourth-order valence-electron chi connectivity index (χ4n) is 4.48. The zero-order valence-corrected chi connectivity index (χ0v) is 18.7. The lowest BCUT2D eigenvalue weighted by atomic mass is 9.97. The van der Waals surface area contributed by atoms with Crippen molar-refractivity contribution in [1.82, 2.24) is 10.3 Å². The highest BCUT2D eigenvalue weighted by molar-refractivity contribution is 5.99. The number of amides is 1. The number of para-hydroxylation sites is 1. The van der Waals surface area contributed by atoms with Crippen molar-refractivity contribution in [3.63, 3.8) is 0 Å². The number of fused-ring (bicyclic) bond motifs is 2. The molecule has 0 radical (unpaired) electrons. The molecule has 0 unspecified atom stereocenters. The van der Waals surface area contributed by atoms with Crippen LogP contribution in [0.2, 0.25) is 0 Å². The summed E-state index contributed by atoms with van der Waals surface area (Å²) in [5.41, 5.74) is 4.58. The van der Waals surface area contributed by atoms with Crippen molar-refractivity contribution in [2.75, 3.05) is 20.3 Å². The van der Waals surface area contributed by atoms with Gasteiger partial charge in [0.25, 0.3) is 5.91 Å². The van der Waals surface area contributed by atoms with E-state index in [4.69, 9.17) is 9.47 Å². The number of methoxy groups -OCH3 is 1. The van der Waals surface area contributed by atoms with Gasteiger partial charge in [-0.05, 0) is 59.0 Å². The Morgan fingerprint density at radius 3 is 2.85 bits per heavy atom. The highest BCUT2D eigenvalue weighted by atomic mass is 19.1. The van der Waals surface area contributed by atoms with Gasteiger partial charge in [0.05, 0.1) is 31.9 Å². The number of halogens is 1. The number of rotatable bonds is 7. The van der Waals surface area contributed by atoms with Crippen molar-refractivity contribution >= 4 is 16.8 Å². The zero-order chi connectivity index (χ0) is 23.7. The largest absolute Gasteiger partial charge is 0.497 e. The van der Waals surface area contributed by atoms with Crippen molar-refractivity contribution in [2.45, 2.75) is 18.9 Å². The molecule has 1 atom stereocenters. The van der Waals surface area contributed by atoms with Crippen LogP contribution in [0.25, 0.3) is 22.0 Å². The van der Waals surface area contributed by atoms with E-state index in [1.807, 2.05) is 36.5 Å². The predicted octanol–water partition coefficient (Wildman–Crippen LogP) is 4.25. The number of aromatic amines is 1. The minimum Gasteiger partial charge on any atom is -0.497 e. The average Bonchev–Trinajstić information content (AvgIpc) is 3.49. The Kier molecular flexibility index (Phi) is 5.94. The average molecular weight is 461 g/mol. The number of hydrogen-bond donors (Lipinski definition) is 3. The number of aromatic nitrogens is 1. The standard InChI is InChI=1S/C27H25FN2O4/c1-33-22-11-18(9-20(28)13-22)17-8-16-6-7-34-26(16)24(12-17)27(32)30-21(15-31)10-19-14-29-25-5-3-2-4-23(19)25/h2-5,8-9,11-14,21,29,31H,6-7,10,15H2,1H3,(H,30,32)/t21-/m1/s1. The monoisotopic (exact) mass is 460 g/mol. The van der Waals surface area contributed by atoms with E-state index in [1.165, 1.54) is 19.2 Å². The number of aliphatic hydroxyl groups is 1. The van der Waals surface area contributed by atoms with Gasteiger partial charge in [0, 0.05) is 29.6 Å². The number of H-pyrrole nitrogens is 1. The molecule has 0 saturated carbocycles. The van der Waals surface area contributed by atoms with Gasteiger partial charge < -0.3 is 24.9 Å². The van der Waals surface area contributed by atoms with E-state index >= 15 is 0 Å². The van der Waals surface area contributed by atoms with E-state index in [-0.39, 0.29) is 12.5 Å². The molecule has 3 N–H and O–H groups in total. The Hall–Kier alpha value is -3.84. The van der Waals surface area contributed by atoms with Crippen LogP contribution in [-0.4, -0.2) is 42.4 Å². The second-order valence-corrected chi connectivity index (χ2v) is 8.41. The van der Waals surface area contributed by atoms with Crippen molar-refractivity contribution in [3.05, 3.63) is 83.3 Å². The zero-order valence-electron chi connectivity index (χ0n) is 18.7. The fourth-order valence-corrected chi connectivity index (χ4v) is 4.48. The Morgan fingerprint density at radius 2 is 2.03 bits per heavy atom. The maximum Gasteiger partial charge on any atom is 0.255 e. The minimum absolute atomic E-state index is 0.213. The smallest absolute Gasteiger partial charge is 0.255 e. The van der Waals surface area contributed by atoms with Crippen molar-refractivity contribution in [3.8, 4) is 22.6 Å². The Labute approximate surface area is 196 Å². The topological polar surface area (TPSA) is 83.6 Å². The molecular weight excluding hydrogens is 435 g/mol. The third-order valence-electron chi connectivity index (χ3n) is 6.17. The Morgan fingerprint density at radius 1 is 1.21 bits per heavy atom. The Bertz CT molecular complexity index is 1360. The summed E-state index contributed by atoms with van der Waals surface area (Å²) in [5, 5.41) is 14.0. The first-order valence-electron chi connectivity index (χ1n) is 11.2. The molecule has 1 aromatic heterocycles. The lowest BCUT2D eigenvalue weighted by Crippen LogP contribution is -2.39. The van der Waals surface area contributed by atoms with Crippen LogP contribution in [-0.2, 0) is 12.8 Å². The van der Waals surface area contributed by atoms with Crippen LogP contribution in [0.3, 0.4) is 0 Å². The number of carbonyl (C=O) groups is 1. The molecule has 6 nitrogen and oxygen atoms in total. The molecule has 1 amide bonds. The van der Waals surface area contributed by atoms with Gasteiger partial charge >= 0.3 is 0 Å². The molecule has 34 heavy (non-hydrogen) atoms. The van der Waals surface area contributed by atoms with Gasteiger partial charge in [-0.3, -0.25) is 4.79 Å². The van der Waals surface area contributed by atoms with E-state index in [1.54, 1.807) is 12.1 Å². The summed E-state index contributed by atoms with van der Waals surface area (Å²) in [7, 11) is 1.48. The number of benzene rings is 3. The molecule has 5 rings (SSSR count). The van der Waals surface area contributed by atoms with Gasteiger partial charge in [-0.2, -0.15) is 0 Å². The van der Waals surface area contributed by atoms with Crippen LogP contribution >= 0.6 is 0 Å². The molecule has 0 aliphatic carbocycles. The number of nitrogens with one attached hydrogen (secondary N) is 2. The van der Waals surface area contributed by atoms with Crippen LogP contribution in [0.15, 0.2) is 60.8 Å². The molecule has 174 valence electrons.